The van der Waals surface area contributed by atoms with E-state index in [1.807, 2.05) is 49.1 Å². The largest absolute Gasteiger partial charge is 0.478 e. The van der Waals surface area contributed by atoms with E-state index in [9.17, 15) is 4.39 Å². The molecule has 174 valence electrons. The fraction of sp³-hybridized carbons (Fsp3) is 0.320. The zero-order valence-corrected chi connectivity index (χ0v) is 19.1. The van der Waals surface area contributed by atoms with Gasteiger partial charge < -0.3 is 14.8 Å². The highest BCUT2D eigenvalue weighted by Gasteiger charge is 2.26. The van der Waals surface area contributed by atoms with Gasteiger partial charge in [-0.3, -0.25) is 4.68 Å². The molecular formula is C25H25FN6O2. The van der Waals surface area contributed by atoms with Gasteiger partial charge in [0.25, 0.3) is 0 Å². The lowest BCUT2D eigenvalue weighted by molar-refractivity contribution is 0.0146. The molecule has 34 heavy (non-hydrogen) atoms. The zero-order chi connectivity index (χ0) is 23.7. The number of morpholine rings is 1. The molecular weight excluding hydrogens is 435 g/mol. The predicted octanol–water partition coefficient (Wildman–Crippen LogP) is 3.50. The van der Waals surface area contributed by atoms with Crippen molar-refractivity contribution in [2.24, 2.45) is 7.05 Å². The Kier molecular flexibility index (Phi) is 6.01. The number of nitrogens with zero attached hydrogens (tertiary/aromatic N) is 5. The van der Waals surface area contributed by atoms with Crippen LogP contribution in [0.4, 0.5) is 4.39 Å². The van der Waals surface area contributed by atoms with Gasteiger partial charge in [0.2, 0.25) is 5.88 Å². The second-order valence-corrected chi connectivity index (χ2v) is 8.19. The molecule has 1 aliphatic heterocycles. The molecule has 1 unspecified atom stereocenters. The molecule has 8 nitrogen and oxygen atoms in total. The molecule has 4 aromatic rings. The number of nitrogens with one attached hydrogen (secondary N) is 1. The highest BCUT2D eigenvalue weighted by Crippen LogP contribution is 2.41. The van der Waals surface area contributed by atoms with Crippen LogP contribution in [0.3, 0.4) is 0 Å². The number of halogens is 1. The SMILES string of the molecule is CCOc1c(-c2ccc3c(cnn3C)c2)c(-c2ccc(C#N)c(F)c2)nn1CC1CNCCO1. The van der Waals surface area contributed by atoms with Crippen molar-refractivity contribution in [3.05, 3.63) is 54.0 Å². The molecule has 0 bridgehead atoms. The minimum absolute atomic E-state index is 0.00627. The second kappa shape index (κ2) is 9.25. The van der Waals surface area contributed by atoms with Crippen molar-refractivity contribution in [1.29, 1.82) is 5.26 Å². The van der Waals surface area contributed by atoms with E-state index >= 15 is 0 Å². The Morgan fingerprint density at radius 1 is 1.26 bits per heavy atom. The first-order valence-corrected chi connectivity index (χ1v) is 11.3. The van der Waals surface area contributed by atoms with Crippen LogP contribution in [0.15, 0.2) is 42.6 Å². The van der Waals surface area contributed by atoms with Crippen molar-refractivity contribution in [2.45, 2.75) is 19.6 Å². The first-order valence-electron chi connectivity index (χ1n) is 11.3. The van der Waals surface area contributed by atoms with Crippen LogP contribution >= 0.6 is 0 Å². The Morgan fingerprint density at radius 3 is 2.85 bits per heavy atom. The molecule has 3 heterocycles. The van der Waals surface area contributed by atoms with E-state index in [2.05, 4.69) is 10.4 Å². The third-order valence-corrected chi connectivity index (χ3v) is 5.97. The molecule has 1 aliphatic rings. The topological polar surface area (TPSA) is 89.9 Å². The number of aromatic nitrogens is 4. The summed E-state index contributed by atoms with van der Waals surface area (Å²) in [6.07, 6.45) is 1.75. The van der Waals surface area contributed by atoms with E-state index in [0.29, 0.717) is 43.4 Å². The number of nitriles is 1. The highest BCUT2D eigenvalue weighted by atomic mass is 19.1. The van der Waals surface area contributed by atoms with Gasteiger partial charge in [0.15, 0.2) is 0 Å². The Bertz CT molecular complexity index is 1380. The Balaban J connectivity index is 1.69. The molecule has 2 aromatic carbocycles. The fourth-order valence-corrected chi connectivity index (χ4v) is 4.32. The number of hydrogen-bond acceptors (Lipinski definition) is 6. The molecule has 1 fully saturated rings. The summed E-state index contributed by atoms with van der Waals surface area (Å²) in [7, 11) is 1.90. The van der Waals surface area contributed by atoms with E-state index in [4.69, 9.17) is 19.8 Å². The van der Waals surface area contributed by atoms with Gasteiger partial charge >= 0.3 is 0 Å². The molecule has 9 heteroatoms. The van der Waals surface area contributed by atoms with Crippen molar-refractivity contribution >= 4 is 10.9 Å². The van der Waals surface area contributed by atoms with E-state index in [0.717, 1.165) is 28.6 Å². The Hall–Kier alpha value is -3.74. The number of benzene rings is 2. The zero-order valence-electron chi connectivity index (χ0n) is 19.1. The summed E-state index contributed by atoms with van der Waals surface area (Å²) in [5.74, 6) is 0.0145. The second-order valence-electron chi connectivity index (χ2n) is 8.19. The minimum Gasteiger partial charge on any atom is -0.478 e. The standard InChI is InChI=1S/C25H25FN6O2/c1-3-33-25-23(16-6-7-22-19(10-16)13-29-31(22)2)24(17-4-5-18(12-27)21(26)11-17)30-32(25)15-20-14-28-8-9-34-20/h4-7,10-11,13,20,28H,3,8-9,14-15H2,1-2H3. The predicted molar refractivity (Wildman–Crippen MR) is 126 cm³/mol. The molecule has 0 radical (unpaired) electrons. The number of aryl methyl sites for hydroxylation is 1. The first-order chi connectivity index (χ1) is 16.6. The lowest BCUT2D eigenvalue weighted by Gasteiger charge is -2.24. The van der Waals surface area contributed by atoms with Crippen molar-refractivity contribution < 1.29 is 13.9 Å². The van der Waals surface area contributed by atoms with Gasteiger partial charge in [-0.25, -0.2) is 9.07 Å². The maximum Gasteiger partial charge on any atom is 0.220 e. The van der Waals surface area contributed by atoms with Crippen molar-refractivity contribution in [3.8, 4) is 34.3 Å². The van der Waals surface area contributed by atoms with E-state index < -0.39 is 5.82 Å². The molecule has 1 N–H and O–H groups in total. The summed E-state index contributed by atoms with van der Waals surface area (Å²) in [6.45, 7) is 5.02. The normalized spacial score (nSPS) is 16.0. The van der Waals surface area contributed by atoms with Crippen molar-refractivity contribution in [1.82, 2.24) is 24.9 Å². The van der Waals surface area contributed by atoms with Crippen LogP contribution in [0.25, 0.3) is 33.3 Å². The average molecular weight is 461 g/mol. The summed E-state index contributed by atoms with van der Waals surface area (Å²) < 4.78 is 30.2. The van der Waals surface area contributed by atoms with Crippen LogP contribution in [0.1, 0.15) is 12.5 Å². The summed E-state index contributed by atoms with van der Waals surface area (Å²) in [4.78, 5) is 0. The minimum atomic E-state index is -0.582. The third kappa shape index (κ3) is 4.02. The summed E-state index contributed by atoms with van der Waals surface area (Å²) in [5, 5.41) is 22.7. The molecule has 2 aromatic heterocycles. The third-order valence-electron chi connectivity index (χ3n) is 5.97. The number of ether oxygens (including phenoxy) is 2. The van der Waals surface area contributed by atoms with E-state index in [1.165, 1.54) is 12.1 Å². The van der Waals surface area contributed by atoms with Crippen LogP contribution in [-0.4, -0.2) is 52.0 Å². The van der Waals surface area contributed by atoms with Gasteiger partial charge in [0, 0.05) is 31.1 Å². The fourth-order valence-electron chi connectivity index (χ4n) is 4.32. The van der Waals surface area contributed by atoms with Crippen LogP contribution in [0, 0.1) is 17.1 Å². The van der Waals surface area contributed by atoms with Crippen LogP contribution < -0.4 is 10.1 Å². The Labute approximate surface area is 196 Å². The number of hydrogen-bond donors (Lipinski definition) is 1. The van der Waals surface area contributed by atoms with Gasteiger partial charge in [-0.05, 0) is 36.8 Å². The molecule has 0 saturated carbocycles. The average Bonchev–Trinajstić information content (AvgIpc) is 3.40. The quantitative estimate of drug-likeness (QED) is 0.474. The van der Waals surface area contributed by atoms with Crippen LogP contribution in [0.2, 0.25) is 0 Å². The number of fused-ring (bicyclic) bond motifs is 1. The van der Waals surface area contributed by atoms with Gasteiger partial charge in [0.05, 0.1) is 48.7 Å². The van der Waals surface area contributed by atoms with E-state index in [-0.39, 0.29) is 11.7 Å². The molecule has 0 spiro atoms. The van der Waals surface area contributed by atoms with Crippen molar-refractivity contribution in [2.75, 3.05) is 26.3 Å². The van der Waals surface area contributed by atoms with E-state index in [1.54, 1.807) is 10.7 Å². The summed E-state index contributed by atoms with van der Waals surface area (Å²) in [6, 6.07) is 12.5. The highest BCUT2D eigenvalue weighted by molar-refractivity contribution is 5.91. The lowest BCUT2D eigenvalue weighted by Crippen LogP contribution is -2.41. The molecule has 0 amide bonds. The molecule has 1 saturated heterocycles. The monoisotopic (exact) mass is 460 g/mol. The Morgan fingerprint density at radius 2 is 2.12 bits per heavy atom. The van der Waals surface area contributed by atoms with Gasteiger partial charge in [-0.2, -0.15) is 15.5 Å². The molecule has 0 aliphatic carbocycles. The molecule has 1 atom stereocenters. The maximum atomic E-state index is 14.6. The van der Waals surface area contributed by atoms with Crippen LogP contribution in [-0.2, 0) is 18.3 Å². The first kappa shape index (κ1) is 22.1. The number of rotatable bonds is 6. The molecule has 5 rings (SSSR count). The lowest BCUT2D eigenvalue weighted by atomic mass is 9.99. The van der Waals surface area contributed by atoms with Gasteiger partial charge in [-0.1, -0.05) is 12.1 Å². The summed E-state index contributed by atoms with van der Waals surface area (Å²) >= 11 is 0. The van der Waals surface area contributed by atoms with Crippen LogP contribution in [0.5, 0.6) is 5.88 Å². The van der Waals surface area contributed by atoms with Gasteiger partial charge in [0.1, 0.15) is 17.6 Å². The van der Waals surface area contributed by atoms with Crippen molar-refractivity contribution in [3.63, 3.8) is 0 Å². The maximum absolute atomic E-state index is 14.6. The smallest absolute Gasteiger partial charge is 0.220 e. The van der Waals surface area contributed by atoms with Gasteiger partial charge in [-0.15, -0.1) is 0 Å². The summed E-state index contributed by atoms with van der Waals surface area (Å²) in [5.41, 5.74) is 3.80.